The van der Waals surface area contributed by atoms with Gasteiger partial charge in [0.2, 0.25) is 5.95 Å². The van der Waals surface area contributed by atoms with E-state index in [9.17, 15) is 0 Å². The van der Waals surface area contributed by atoms with Gasteiger partial charge in [-0.2, -0.15) is 9.97 Å². The first-order valence-corrected chi connectivity index (χ1v) is 18.2. The number of para-hydroxylation sites is 2. The predicted octanol–water partition coefficient (Wildman–Crippen LogP) is 12.8. The van der Waals surface area contributed by atoms with Crippen molar-refractivity contribution in [2.75, 3.05) is 4.90 Å². The van der Waals surface area contributed by atoms with Gasteiger partial charge >= 0.3 is 0 Å². The van der Waals surface area contributed by atoms with Gasteiger partial charge < -0.3 is 8.83 Å². The summed E-state index contributed by atoms with van der Waals surface area (Å²) in [4.78, 5) is 18.1. The predicted molar refractivity (Wildman–Crippen MR) is 218 cm³/mol. The normalized spacial score (nSPS) is 13.1. The number of fused-ring (bicyclic) bond motifs is 9. The maximum absolute atomic E-state index is 6.45. The highest BCUT2D eigenvalue weighted by Gasteiger charge is 2.37. The Morgan fingerprint density at radius 3 is 1.98 bits per heavy atom. The second kappa shape index (κ2) is 11.5. The standard InChI is InChI=1S/C48H32N4O2/c1-48(2)36-20-9-6-17-33(36)43-35(19-12-21-37(43)48)46-49-45(29-14-4-3-5-15-29)50-47(51-46)52(30-26-27-32-31-16-7-10-23-39(31)54-42(32)28-30)38-22-13-25-41-44(38)34-18-8-11-24-40(34)53-41/h3-28H,1-2H3. The minimum Gasteiger partial charge on any atom is -0.456 e. The van der Waals surface area contributed by atoms with Crippen molar-refractivity contribution in [3.05, 3.63) is 169 Å². The van der Waals surface area contributed by atoms with Crippen LogP contribution in [0.4, 0.5) is 17.3 Å². The topological polar surface area (TPSA) is 68.2 Å². The minimum absolute atomic E-state index is 0.175. The summed E-state index contributed by atoms with van der Waals surface area (Å²) in [5.74, 6) is 1.66. The summed E-state index contributed by atoms with van der Waals surface area (Å²) in [6.45, 7) is 4.59. The third kappa shape index (κ3) is 4.50. The number of rotatable bonds is 5. The van der Waals surface area contributed by atoms with Crippen LogP contribution in [0.5, 0.6) is 0 Å². The van der Waals surface area contributed by atoms with E-state index in [4.69, 9.17) is 23.8 Å². The fourth-order valence-corrected chi connectivity index (χ4v) is 8.40. The van der Waals surface area contributed by atoms with Gasteiger partial charge in [-0.25, -0.2) is 4.98 Å². The molecule has 0 amide bonds. The van der Waals surface area contributed by atoms with E-state index in [1.807, 2.05) is 78.9 Å². The van der Waals surface area contributed by atoms with E-state index in [0.717, 1.165) is 71.9 Å². The molecule has 0 fully saturated rings. The lowest BCUT2D eigenvalue weighted by Gasteiger charge is -2.25. The summed E-state index contributed by atoms with van der Waals surface area (Å²) < 4.78 is 12.9. The molecule has 0 unspecified atom stereocenters. The zero-order chi connectivity index (χ0) is 36.0. The summed E-state index contributed by atoms with van der Waals surface area (Å²) >= 11 is 0. The second-order valence-electron chi connectivity index (χ2n) is 14.4. The molecule has 3 heterocycles. The van der Waals surface area contributed by atoms with E-state index in [2.05, 4.69) is 97.6 Å². The molecule has 0 aliphatic heterocycles. The molecule has 0 N–H and O–H groups in total. The van der Waals surface area contributed by atoms with E-state index in [0.29, 0.717) is 17.6 Å². The van der Waals surface area contributed by atoms with Crippen molar-refractivity contribution in [1.82, 2.24) is 15.0 Å². The molecule has 6 nitrogen and oxygen atoms in total. The average Bonchev–Trinajstić information content (AvgIpc) is 3.86. The van der Waals surface area contributed by atoms with Crippen LogP contribution in [0.15, 0.2) is 167 Å². The maximum atomic E-state index is 6.45. The van der Waals surface area contributed by atoms with Gasteiger partial charge in [-0.05, 0) is 58.7 Å². The molecule has 11 rings (SSSR count). The third-order valence-electron chi connectivity index (χ3n) is 10.9. The molecule has 6 heteroatoms. The summed E-state index contributed by atoms with van der Waals surface area (Å²) in [6, 6.07) is 54.1. The molecule has 256 valence electrons. The SMILES string of the molecule is CC1(C)c2ccccc2-c2c(-c3nc(-c4ccccc4)nc(N(c4ccc5c(c4)oc4ccccc45)c4cccc5oc6ccccc6c45)n3)cccc21. The van der Waals surface area contributed by atoms with Crippen LogP contribution >= 0.6 is 0 Å². The van der Waals surface area contributed by atoms with E-state index in [-0.39, 0.29) is 5.41 Å². The Morgan fingerprint density at radius 2 is 1.11 bits per heavy atom. The summed E-state index contributed by atoms with van der Waals surface area (Å²) in [5.41, 5.74) is 11.5. The van der Waals surface area contributed by atoms with E-state index < -0.39 is 0 Å². The highest BCUT2D eigenvalue weighted by molar-refractivity contribution is 6.13. The van der Waals surface area contributed by atoms with Gasteiger partial charge in [0.25, 0.3) is 0 Å². The van der Waals surface area contributed by atoms with Gasteiger partial charge in [-0.3, -0.25) is 4.90 Å². The molecular formula is C48H32N4O2. The Kier molecular flexibility index (Phi) is 6.49. The van der Waals surface area contributed by atoms with E-state index in [1.54, 1.807) is 0 Å². The van der Waals surface area contributed by atoms with Crippen LogP contribution in [0.1, 0.15) is 25.0 Å². The van der Waals surface area contributed by atoms with Crippen molar-refractivity contribution >= 4 is 61.2 Å². The average molecular weight is 697 g/mol. The zero-order valence-electron chi connectivity index (χ0n) is 29.6. The van der Waals surface area contributed by atoms with Gasteiger partial charge in [0.1, 0.15) is 22.3 Å². The molecule has 7 aromatic carbocycles. The smallest absolute Gasteiger partial charge is 0.238 e. The first kappa shape index (κ1) is 30.6. The van der Waals surface area contributed by atoms with Crippen molar-refractivity contribution in [2.45, 2.75) is 19.3 Å². The van der Waals surface area contributed by atoms with Gasteiger partial charge in [0.05, 0.1) is 16.8 Å². The molecule has 0 spiro atoms. The van der Waals surface area contributed by atoms with Crippen molar-refractivity contribution in [1.29, 1.82) is 0 Å². The number of anilines is 3. The molecule has 0 saturated carbocycles. The number of aromatic nitrogens is 3. The van der Waals surface area contributed by atoms with E-state index in [1.165, 1.54) is 16.7 Å². The lowest BCUT2D eigenvalue weighted by Crippen LogP contribution is -2.16. The fraction of sp³-hybridized carbons (Fsp3) is 0.0625. The number of benzene rings is 7. The fourth-order valence-electron chi connectivity index (χ4n) is 8.40. The van der Waals surface area contributed by atoms with Crippen molar-refractivity contribution in [2.24, 2.45) is 0 Å². The largest absolute Gasteiger partial charge is 0.456 e. The summed E-state index contributed by atoms with van der Waals surface area (Å²) in [6.07, 6.45) is 0. The third-order valence-corrected chi connectivity index (χ3v) is 10.9. The first-order valence-electron chi connectivity index (χ1n) is 18.2. The molecule has 0 bridgehead atoms. The Balaban J connectivity index is 1.22. The first-order chi connectivity index (χ1) is 26.5. The molecule has 1 aliphatic rings. The van der Waals surface area contributed by atoms with Gasteiger partial charge in [-0.15, -0.1) is 0 Å². The molecule has 3 aromatic heterocycles. The lowest BCUT2D eigenvalue weighted by atomic mass is 9.82. The van der Waals surface area contributed by atoms with Crippen molar-refractivity contribution in [3.8, 4) is 33.9 Å². The summed E-state index contributed by atoms with van der Waals surface area (Å²) in [7, 11) is 0. The molecule has 54 heavy (non-hydrogen) atoms. The molecule has 0 saturated heterocycles. The molecular weight excluding hydrogens is 665 g/mol. The number of furan rings is 2. The van der Waals surface area contributed by atoms with Gasteiger partial charge in [-0.1, -0.05) is 129 Å². The monoisotopic (exact) mass is 696 g/mol. The van der Waals surface area contributed by atoms with E-state index >= 15 is 0 Å². The highest BCUT2D eigenvalue weighted by Crippen LogP contribution is 2.52. The lowest BCUT2D eigenvalue weighted by molar-refractivity contribution is 0.660. The minimum atomic E-state index is -0.175. The van der Waals surface area contributed by atoms with Crippen LogP contribution in [0.25, 0.3) is 77.8 Å². The zero-order valence-corrected chi connectivity index (χ0v) is 29.6. The maximum Gasteiger partial charge on any atom is 0.238 e. The number of nitrogens with zero attached hydrogens (tertiary/aromatic N) is 4. The Labute approximate surface area is 311 Å². The van der Waals surface area contributed by atoms with Gasteiger partial charge in [0, 0.05) is 38.8 Å². The van der Waals surface area contributed by atoms with Crippen LogP contribution < -0.4 is 4.90 Å². The van der Waals surface area contributed by atoms with Crippen molar-refractivity contribution in [3.63, 3.8) is 0 Å². The van der Waals surface area contributed by atoms with Crippen LogP contribution in [0, 0.1) is 0 Å². The quantitative estimate of drug-likeness (QED) is 0.178. The Bertz CT molecular complexity index is 3100. The van der Waals surface area contributed by atoms with Crippen LogP contribution in [0.2, 0.25) is 0 Å². The van der Waals surface area contributed by atoms with Gasteiger partial charge in [0.15, 0.2) is 11.6 Å². The Hall–Kier alpha value is -7.05. The molecule has 10 aromatic rings. The molecule has 1 aliphatic carbocycles. The van der Waals surface area contributed by atoms with Crippen LogP contribution in [-0.4, -0.2) is 15.0 Å². The number of hydrogen-bond acceptors (Lipinski definition) is 6. The van der Waals surface area contributed by atoms with Crippen LogP contribution in [0.3, 0.4) is 0 Å². The highest BCUT2D eigenvalue weighted by atomic mass is 16.3. The number of hydrogen-bond donors (Lipinski definition) is 0. The van der Waals surface area contributed by atoms with Crippen molar-refractivity contribution < 1.29 is 8.83 Å². The Morgan fingerprint density at radius 1 is 0.481 bits per heavy atom. The second-order valence-corrected chi connectivity index (χ2v) is 14.4. The molecule has 0 atom stereocenters. The summed E-state index contributed by atoms with van der Waals surface area (Å²) in [5, 5.41) is 4.10. The molecule has 0 radical (unpaired) electrons. The van der Waals surface area contributed by atoms with Crippen LogP contribution in [-0.2, 0) is 5.41 Å².